The number of alkyl halides is 3. The predicted octanol–water partition coefficient (Wildman–Crippen LogP) is 6.43. The van der Waals surface area contributed by atoms with Crippen molar-refractivity contribution in [2.75, 3.05) is 56.5 Å². The number of piperidine rings is 2. The molecule has 16 heteroatoms. The van der Waals surface area contributed by atoms with Gasteiger partial charge in [-0.2, -0.15) is 18.3 Å². The number of aryl methyl sites for hydroxylation is 1. The number of aromatic nitrogens is 4. The van der Waals surface area contributed by atoms with Crippen LogP contribution in [-0.4, -0.2) is 93.6 Å². The number of carbonyl (C=O) groups is 2. The number of carbonyl (C=O) groups excluding carboxylic acids is 2. The Balaban J connectivity index is 0.000000248. The molecule has 2 saturated heterocycles. The average Bonchev–Trinajstić information content (AvgIpc) is 3.47. The van der Waals surface area contributed by atoms with E-state index >= 15 is 0 Å². The van der Waals surface area contributed by atoms with Crippen LogP contribution in [0.25, 0.3) is 10.9 Å². The molecule has 1 aromatic carbocycles. The molecule has 3 fully saturated rings. The molecule has 0 bridgehead atoms. The number of anilines is 2. The molecule has 1 unspecified atom stereocenters. The van der Waals surface area contributed by atoms with Gasteiger partial charge in [-0.25, -0.2) is 14.8 Å². The molecule has 2 aliphatic heterocycles. The third-order valence-corrected chi connectivity index (χ3v) is 10.7. The van der Waals surface area contributed by atoms with E-state index in [1.54, 1.807) is 7.05 Å². The number of likely N-dealkylation sites (tertiary alicyclic amines) is 1. The fraction of sp³-hybridized carbons (Fsp3) is 0.629. The first-order valence-electron chi connectivity index (χ1n) is 17.9. The number of urea groups is 1. The van der Waals surface area contributed by atoms with Crippen molar-refractivity contribution >= 4 is 46.7 Å². The van der Waals surface area contributed by atoms with Crippen LogP contribution in [0.15, 0.2) is 30.6 Å². The molecule has 12 nitrogen and oxygen atoms in total. The molecule has 2 amide bonds. The Labute approximate surface area is 300 Å². The third kappa shape index (κ3) is 10.5. The van der Waals surface area contributed by atoms with Gasteiger partial charge in [0.25, 0.3) is 0 Å². The van der Waals surface area contributed by atoms with E-state index in [1.165, 1.54) is 23.3 Å². The van der Waals surface area contributed by atoms with Crippen LogP contribution in [0.4, 0.5) is 29.7 Å². The summed E-state index contributed by atoms with van der Waals surface area (Å²) in [5.74, 6) is 1.96. The van der Waals surface area contributed by atoms with Gasteiger partial charge in [0.15, 0.2) is 5.82 Å². The van der Waals surface area contributed by atoms with Gasteiger partial charge < -0.3 is 15.4 Å². The van der Waals surface area contributed by atoms with E-state index in [4.69, 9.17) is 0 Å². The first-order valence-corrected chi connectivity index (χ1v) is 18.6. The van der Waals surface area contributed by atoms with Crippen molar-refractivity contribution in [1.29, 1.82) is 0 Å². The summed E-state index contributed by atoms with van der Waals surface area (Å²) in [6, 6.07) is 6.46. The maximum atomic E-state index is 12.4. The number of amides is 2. The molecule has 6 rings (SSSR count). The summed E-state index contributed by atoms with van der Waals surface area (Å²) in [5, 5.41) is 11.2. The fourth-order valence-electron chi connectivity index (χ4n) is 7.37. The van der Waals surface area contributed by atoms with Gasteiger partial charge in [0, 0.05) is 50.9 Å². The average molecular weight is 733 g/mol. The monoisotopic (exact) mass is 732 g/mol. The Morgan fingerprint density at radius 3 is 2.43 bits per heavy atom. The molecule has 3 aromatic rings. The van der Waals surface area contributed by atoms with E-state index in [9.17, 15) is 26.8 Å². The number of fused-ring (bicyclic) bond motifs is 1. The molecular weight excluding hydrogens is 684 g/mol. The Bertz CT molecular complexity index is 1640. The minimum Gasteiger partial charge on any atom is -0.351 e. The topological polar surface area (TPSA) is 131 Å². The molecule has 278 valence electrons. The molecule has 3 aliphatic rings. The van der Waals surface area contributed by atoms with Crippen LogP contribution in [0, 0.1) is 5.92 Å². The summed E-state index contributed by atoms with van der Waals surface area (Å²) < 4.78 is 51.8. The SMILES string of the molecule is CNC(=O)N(CCC=O)c1nn(C)c2cc(C3CCN(CC4CCCN(S#[O+])C4)CC3)ccc12.FC(F)(F)c1cnc(NC2CCCCC2)nc1. The summed E-state index contributed by atoms with van der Waals surface area (Å²) in [5.41, 5.74) is 1.49. The standard InChI is InChI=1S/C24H34N6O3S.C11H14F3N3/c1-25-24(32)30(11-4-14-31)23-21-7-6-20(15-22(21)27(2)26-23)19-8-12-28(13-9-19)16-18-5-3-10-29(17-18)34-33;12-11(13,14)8-6-15-10(16-7-8)17-9-4-2-1-3-5-9/h6-7,14-15,18-19H,3-5,8-13,16-17H2,1-2H3;6-7,9H,1-5H2,(H,15,16,17)/p+1. The zero-order valence-electron chi connectivity index (χ0n) is 29.4. The molecule has 0 spiro atoms. The van der Waals surface area contributed by atoms with Gasteiger partial charge in [0.2, 0.25) is 5.95 Å². The fourth-order valence-corrected chi connectivity index (χ4v) is 7.84. The van der Waals surface area contributed by atoms with Crippen LogP contribution in [0.3, 0.4) is 0 Å². The molecule has 2 N–H and O–H groups in total. The Kier molecular flexibility index (Phi) is 13.8. The smallest absolute Gasteiger partial charge is 0.351 e. The van der Waals surface area contributed by atoms with Crippen LogP contribution in [0.5, 0.6) is 0 Å². The molecular formula is C35H49F3N9O3S+. The van der Waals surface area contributed by atoms with Gasteiger partial charge in [-0.15, -0.1) is 0 Å². The van der Waals surface area contributed by atoms with Crippen LogP contribution < -0.4 is 15.5 Å². The third-order valence-electron chi connectivity index (χ3n) is 10.1. The van der Waals surface area contributed by atoms with Gasteiger partial charge in [0.05, 0.1) is 5.56 Å². The second-order valence-corrected chi connectivity index (χ2v) is 14.4. The van der Waals surface area contributed by atoms with Crippen LogP contribution >= 0.6 is 11.7 Å². The number of halogens is 3. The van der Waals surface area contributed by atoms with E-state index in [2.05, 4.69) is 48.8 Å². The van der Waals surface area contributed by atoms with Crippen molar-refractivity contribution in [2.45, 2.75) is 82.3 Å². The predicted molar refractivity (Wildman–Crippen MR) is 192 cm³/mol. The van der Waals surface area contributed by atoms with Crippen molar-refractivity contribution in [3.05, 3.63) is 41.7 Å². The summed E-state index contributed by atoms with van der Waals surface area (Å²) in [7, 11) is 3.48. The summed E-state index contributed by atoms with van der Waals surface area (Å²) in [6.07, 6.45) is 8.51. The van der Waals surface area contributed by atoms with Crippen molar-refractivity contribution in [1.82, 2.24) is 34.3 Å². The minimum absolute atomic E-state index is 0.261. The number of benzene rings is 1. The Morgan fingerprint density at radius 1 is 1.06 bits per heavy atom. The Morgan fingerprint density at radius 2 is 1.78 bits per heavy atom. The van der Waals surface area contributed by atoms with Gasteiger partial charge in [-0.1, -0.05) is 19.3 Å². The minimum atomic E-state index is -4.37. The number of hydrogen-bond donors (Lipinski definition) is 2. The maximum absolute atomic E-state index is 12.4. The zero-order chi connectivity index (χ0) is 36.4. The van der Waals surface area contributed by atoms with Crippen molar-refractivity contribution < 1.29 is 26.8 Å². The van der Waals surface area contributed by atoms with Crippen LogP contribution in [0.2, 0.25) is 0 Å². The summed E-state index contributed by atoms with van der Waals surface area (Å²) in [4.78, 5) is 34.8. The van der Waals surface area contributed by atoms with E-state index in [0.717, 1.165) is 107 Å². The molecule has 1 saturated carbocycles. The van der Waals surface area contributed by atoms with Gasteiger partial charge in [0.1, 0.15) is 6.29 Å². The second kappa shape index (κ2) is 18.2. The molecule has 2 aromatic heterocycles. The number of nitrogens with zero attached hydrogens (tertiary/aromatic N) is 7. The normalized spacial score (nSPS) is 19.6. The first kappa shape index (κ1) is 38.6. The van der Waals surface area contributed by atoms with E-state index in [0.29, 0.717) is 41.9 Å². The zero-order valence-corrected chi connectivity index (χ0v) is 30.2. The number of hydrogen-bond acceptors (Lipinski definition) is 8. The van der Waals surface area contributed by atoms with Crippen molar-refractivity contribution in [3.8, 4) is 0 Å². The molecule has 4 heterocycles. The molecule has 1 aliphatic carbocycles. The van der Waals surface area contributed by atoms with Gasteiger partial charge in [-0.3, -0.25) is 9.58 Å². The number of nitrogens with one attached hydrogen (secondary N) is 2. The van der Waals surface area contributed by atoms with Crippen LogP contribution in [0.1, 0.15) is 81.3 Å². The van der Waals surface area contributed by atoms with Crippen molar-refractivity contribution in [3.63, 3.8) is 0 Å². The quantitative estimate of drug-likeness (QED) is 0.146. The summed E-state index contributed by atoms with van der Waals surface area (Å²) in [6.45, 7) is 5.37. The first-order chi connectivity index (χ1) is 24.6. The van der Waals surface area contributed by atoms with Crippen molar-refractivity contribution in [2.24, 2.45) is 13.0 Å². The number of aldehydes is 1. The Hall–Kier alpha value is -3.60. The molecule has 51 heavy (non-hydrogen) atoms. The molecule has 1 atom stereocenters. The van der Waals surface area contributed by atoms with E-state index in [1.807, 2.05) is 16.0 Å². The second-order valence-electron chi connectivity index (χ2n) is 13.7. The van der Waals surface area contributed by atoms with E-state index < -0.39 is 11.7 Å². The number of rotatable bonds is 9. The molecule has 0 radical (unpaired) electrons. The summed E-state index contributed by atoms with van der Waals surface area (Å²) >= 11 is 0.638. The van der Waals surface area contributed by atoms with Crippen LogP contribution in [-0.2, 0) is 22.1 Å². The van der Waals surface area contributed by atoms with Gasteiger partial charge in [-0.05, 0) is 12.8 Å². The van der Waals surface area contributed by atoms with E-state index in [-0.39, 0.29) is 18.4 Å². The van der Waals surface area contributed by atoms with Gasteiger partial charge >= 0.3 is 137 Å².